The van der Waals surface area contributed by atoms with Gasteiger partial charge in [-0.1, -0.05) is 35.9 Å². The molecule has 0 aliphatic carbocycles. The zero-order chi connectivity index (χ0) is 24.1. The van der Waals surface area contributed by atoms with Gasteiger partial charge in [-0.2, -0.15) is 0 Å². The average Bonchev–Trinajstić information content (AvgIpc) is 2.82. The molecule has 2 unspecified atom stereocenters. The molecule has 1 saturated heterocycles. The number of aromatic nitrogens is 1. The quantitative estimate of drug-likeness (QED) is 0.570. The Balaban J connectivity index is 1.53. The lowest BCUT2D eigenvalue weighted by Gasteiger charge is -2.38. The molecule has 7 nitrogen and oxygen atoms in total. The topological polar surface area (TPSA) is 83.6 Å². The van der Waals surface area contributed by atoms with E-state index in [4.69, 9.17) is 4.74 Å². The molecule has 2 aromatic carbocycles. The molecule has 2 heterocycles. The SMILES string of the molecule is COc1ccc(CC2CN(c3cccc(C)n3)C(=O)CC2NC(=O)Nc2ccc(C)cc2)cc1. The Morgan fingerprint density at radius 2 is 1.79 bits per heavy atom. The van der Waals surface area contributed by atoms with Gasteiger partial charge in [-0.25, -0.2) is 9.78 Å². The molecule has 0 bridgehead atoms. The highest BCUT2D eigenvalue weighted by Gasteiger charge is 2.36. The van der Waals surface area contributed by atoms with Gasteiger partial charge >= 0.3 is 6.03 Å². The molecule has 7 heteroatoms. The number of pyridine rings is 1. The van der Waals surface area contributed by atoms with Crippen LogP contribution in [0.2, 0.25) is 0 Å². The third kappa shape index (κ3) is 5.73. The van der Waals surface area contributed by atoms with Crippen LogP contribution < -0.4 is 20.3 Å². The molecular weight excluding hydrogens is 428 g/mol. The zero-order valence-corrected chi connectivity index (χ0v) is 19.7. The summed E-state index contributed by atoms with van der Waals surface area (Å²) in [5.74, 6) is 1.40. The van der Waals surface area contributed by atoms with Gasteiger partial charge < -0.3 is 15.4 Å². The van der Waals surface area contributed by atoms with E-state index in [2.05, 4.69) is 15.6 Å². The minimum atomic E-state index is -0.316. The lowest BCUT2D eigenvalue weighted by molar-refractivity contribution is -0.120. The summed E-state index contributed by atoms with van der Waals surface area (Å²) in [6, 6.07) is 20.6. The predicted molar refractivity (Wildman–Crippen MR) is 133 cm³/mol. The number of hydrogen-bond acceptors (Lipinski definition) is 4. The van der Waals surface area contributed by atoms with Crippen molar-refractivity contribution in [3.63, 3.8) is 0 Å². The second kappa shape index (κ2) is 10.4. The number of rotatable bonds is 6. The van der Waals surface area contributed by atoms with Crippen molar-refractivity contribution in [1.82, 2.24) is 10.3 Å². The summed E-state index contributed by atoms with van der Waals surface area (Å²) in [7, 11) is 1.64. The average molecular weight is 459 g/mol. The van der Waals surface area contributed by atoms with Crippen molar-refractivity contribution in [2.45, 2.75) is 32.7 Å². The molecule has 3 aromatic rings. The van der Waals surface area contributed by atoms with E-state index < -0.39 is 0 Å². The Kier molecular flexibility index (Phi) is 7.11. The molecule has 3 amide bonds. The van der Waals surface area contributed by atoms with Crippen LogP contribution in [-0.4, -0.2) is 36.6 Å². The summed E-state index contributed by atoms with van der Waals surface area (Å²) in [4.78, 5) is 32.1. The molecule has 1 fully saturated rings. The number of anilines is 2. The number of benzene rings is 2. The van der Waals surface area contributed by atoms with Crippen LogP contribution in [0.4, 0.5) is 16.3 Å². The Bertz CT molecular complexity index is 1150. The van der Waals surface area contributed by atoms with E-state index >= 15 is 0 Å². The maximum atomic E-state index is 13.1. The van der Waals surface area contributed by atoms with Gasteiger partial charge in [0.15, 0.2) is 0 Å². The molecule has 2 N–H and O–H groups in total. The first-order chi connectivity index (χ1) is 16.4. The number of nitrogens with zero attached hydrogens (tertiary/aromatic N) is 2. The Morgan fingerprint density at radius 1 is 1.06 bits per heavy atom. The van der Waals surface area contributed by atoms with E-state index in [0.717, 1.165) is 22.6 Å². The number of piperidine rings is 1. The van der Waals surface area contributed by atoms with Crippen LogP contribution >= 0.6 is 0 Å². The van der Waals surface area contributed by atoms with E-state index in [-0.39, 0.29) is 30.3 Å². The normalized spacial score (nSPS) is 17.9. The van der Waals surface area contributed by atoms with Crippen LogP contribution in [0, 0.1) is 19.8 Å². The molecule has 1 aliphatic heterocycles. The first kappa shape index (κ1) is 23.3. The van der Waals surface area contributed by atoms with Crippen molar-refractivity contribution in [2.24, 2.45) is 5.92 Å². The van der Waals surface area contributed by atoms with Crippen molar-refractivity contribution >= 4 is 23.4 Å². The number of amides is 3. The van der Waals surface area contributed by atoms with E-state index in [1.165, 1.54) is 0 Å². The number of nitrogens with one attached hydrogen (secondary N) is 2. The van der Waals surface area contributed by atoms with Gasteiger partial charge in [-0.15, -0.1) is 0 Å². The van der Waals surface area contributed by atoms with Crippen molar-refractivity contribution in [1.29, 1.82) is 0 Å². The van der Waals surface area contributed by atoms with Gasteiger partial charge in [0.2, 0.25) is 5.91 Å². The van der Waals surface area contributed by atoms with Crippen LogP contribution in [0.5, 0.6) is 5.75 Å². The van der Waals surface area contributed by atoms with E-state index in [1.807, 2.05) is 80.6 Å². The van der Waals surface area contributed by atoms with Gasteiger partial charge in [-0.05, 0) is 62.2 Å². The highest BCUT2D eigenvalue weighted by atomic mass is 16.5. The summed E-state index contributed by atoms with van der Waals surface area (Å²) in [5, 5.41) is 5.92. The van der Waals surface area contributed by atoms with Crippen LogP contribution in [0.1, 0.15) is 23.2 Å². The predicted octanol–water partition coefficient (Wildman–Crippen LogP) is 4.49. The molecule has 176 valence electrons. The third-order valence-corrected chi connectivity index (χ3v) is 6.11. The molecule has 2 atom stereocenters. The van der Waals surface area contributed by atoms with Crippen molar-refractivity contribution < 1.29 is 14.3 Å². The minimum Gasteiger partial charge on any atom is -0.497 e. The van der Waals surface area contributed by atoms with Crippen LogP contribution in [-0.2, 0) is 11.2 Å². The van der Waals surface area contributed by atoms with Gasteiger partial charge in [-0.3, -0.25) is 9.69 Å². The Labute approximate surface area is 200 Å². The largest absolute Gasteiger partial charge is 0.497 e. The van der Waals surface area contributed by atoms with Gasteiger partial charge in [0.05, 0.1) is 7.11 Å². The molecule has 1 aromatic heterocycles. The van der Waals surface area contributed by atoms with Gasteiger partial charge in [0.25, 0.3) is 0 Å². The van der Waals surface area contributed by atoms with Gasteiger partial charge in [0, 0.05) is 36.3 Å². The number of carbonyl (C=O) groups excluding carboxylic acids is 2. The fourth-order valence-electron chi connectivity index (χ4n) is 4.24. The van der Waals surface area contributed by atoms with Crippen molar-refractivity contribution in [2.75, 3.05) is 23.9 Å². The van der Waals surface area contributed by atoms with Gasteiger partial charge in [0.1, 0.15) is 11.6 Å². The first-order valence-corrected chi connectivity index (χ1v) is 11.4. The number of aryl methyl sites for hydroxylation is 2. The molecule has 4 rings (SSSR count). The minimum absolute atomic E-state index is 0.0113. The van der Waals surface area contributed by atoms with Crippen LogP contribution in [0.15, 0.2) is 66.7 Å². The highest BCUT2D eigenvalue weighted by molar-refractivity contribution is 5.95. The van der Waals surface area contributed by atoms with Crippen molar-refractivity contribution in [3.8, 4) is 5.75 Å². The lowest BCUT2D eigenvalue weighted by Crippen LogP contribution is -2.55. The summed E-state index contributed by atoms with van der Waals surface area (Å²) in [6.07, 6.45) is 0.910. The molecule has 1 aliphatic rings. The summed E-state index contributed by atoms with van der Waals surface area (Å²) >= 11 is 0. The van der Waals surface area contributed by atoms with Crippen LogP contribution in [0.3, 0.4) is 0 Å². The maximum absolute atomic E-state index is 13.1. The molecule has 34 heavy (non-hydrogen) atoms. The fourth-order valence-corrected chi connectivity index (χ4v) is 4.24. The highest BCUT2D eigenvalue weighted by Crippen LogP contribution is 2.27. The summed E-state index contributed by atoms with van der Waals surface area (Å²) in [5.41, 5.74) is 3.80. The van der Waals surface area contributed by atoms with E-state index in [9.17, 15) is 9.59 Å². The molecule has 0 radical (unpaired) electrons. The lowest BCUT2D eigenvalue weighted by atomic mass is 9.86. The standard InChI is InChI=1S/C27H30N4O3/c1-18-7-11-22(12-8-18)29-27(33)30-24-16-26(32)31(25-6-4-5-19(2)28-25)17-21(24)15-20-9-13-23(34-3)14-10-20/h4-14,21,24H,15-17H2,1-3H3,(H2,29,30,33). The van der Waals surface area contributed by atoms with E-state index in [1.54, 1.807) is 12.0 Å². The first-order valence-electron chi connectivity index (χ1n) is 11.4. The molecule has 0 spiro atoms. The van der Waals surface area contributed by atoms with Crippen LogP contribution in [0.25, 0.3) is 0 Å². The number of hydrogen-bond donors (Lipinski definition) is 2. The Morgan fingerprint density at radius 3 is 2.47 bits per heavy atom. The second-order valence-electron chi connectivity index (χ2n) is 8.73. The zero-order valence-electron chi connectivity index (χ0n) is 19.7. The summed E-state index contributed by atoms with van der Waals surface area (Å²) < 4.78 is 5.27. The third-order valence-electron chi connectivity index (χ3n) is 6.11. The fraction of sp³-hybridized carbons (Fsp3) is 0.296. The molecular formula is C27H30N4O3. The summed E-state index contributed by atoms with van der Waals surface area (Å²) in [6.45, 7) is 4.37. The number of carbonyl (C=O) groups is 2. The molecule has 0 saturated carbocycles. The maximum Gasteiger partial charge on any atom is 0.319 e. The number of urea groups is 1. The monoisotopic (exact) mass is 458 g/mol. The van der Waals surface area contributed by atoms with Crippen molar-refractivity contribution in [3.05, 3.63) is 83.6 Å². The van der Waals surface area contributed by atoms with E-state index in [0.29, 0.717) is 24.5 Å². The Hall–Kier alpha value is -3.87. The number of ether oxygens (including phenoxy) is 1. The second-order valence-corrected chi connectivity index (χ2v) is 8.73. The number of methoxy groups -OCH3 is 1. The smallest absolute Gasteiger partial charge is 0.319 e.